The fraction of sp³-hybridized carbons (Fsp3) is 0.0909. The van der Waals surface area contributed by atoms with Crippen LogP contribution in [-0.2, 0) is 15.0 Å². The summed E-state index contributed by atoms with van der Waals surface area (Å²) in [7, 11) is -3.66. The Labute approximate surface area is 114 Å². The van der Waals surface area contributed by atoms with Gasteiger partial charge in [0.2, 0.25) is 10.0 Å². The van der Waals surface area contributed by atoms with Crippen LogP contribution in [0.5, 0.6) is 0 Å². The maximum Gasteiger partial charge on any atom is 0.250 e. The van der Waals surface area contributed by atoms with Gasteiger partial charge in [-0.15, -0.1) is 4.99 Å². The van der Waals surface area contributed by atoms with Crippen molar-refractivity contribution in [1.82, 2.24) is 0 Å². The molecule has 1 aliphatic rings. The third kappa shape index (κ3) is 2.69. The number of fused-ring (bicyclic) bond motifs is 1. The van der Waals surface area contributed by atoms with Crippen molar-refractivity contribution in [1.29, 1.82) is 0 Å². The number of benzene rings is 1. The number of ketones is 1. The van der Waals surface area contributed by atoms with E-state index in [4.69, 9.17) is 5.26 Å². The third-order valence-corrected chi connectivity index (χ3v) is 3.04. The summed E-state index contributed by atoms with van der Waals surface area (Å²) in [6.07, 6.45) is 1.68. The van der Waals surface area contributed by atoms with Crippen molar-refractivity contribution in [2.75, 3.05) is 11.7 Å². The molecular weight excluding hydrogens is 288 g/mol. The fourth-order valence-corrected chi connectivity index (χ4v) is 2.02. The number of nitrogens with zero attached hydrogens (tertiary/aromatic N) is 1. The van der Waals surface area contributed by atoms with Crippen LogP contribution in [0.3, 0.4) is 0 Å². The lowest BCUT2D eigenvalue weighted by atomic mass is 10.1. The molecule has 0 heterocycles. The van der Waals surface area contributed by atoms with Gasteiger partial charge in [-0.2, -0.15) is 4.40 Å². The second-order valence-electron chi connectivity index (χ2n) is 4.01. The molecule has 8 nitrogen and oxygen atoms in total. The van der Waals surface area contributed by atoms with Crippen molar-refractivity contribution in [3.63, 3.8) is 0 Å². The largest absolute Gasteiger partial charge is 0.506 e. The van der Waals surface area contributed by atoms with Crippen LogP contribution in [0.15, 0.2) is 28.2 Å². The Bertz CT molecular complexity index is 735. The van der Waals surface area contributed by atoms with E-state index in [9.17, 15) is 18.3 Å². The number of allylic oxidation sites excluding steroid dienone is 1. The number of Topliss-reactive ketones (excluding diaryl/α,β-unsaturated/α-hetero) is 1. The van der Waals surface area contributed by atoms with E-state index in [1.807, 2.05) is 0 Å². The summed E-state index contributed by atoms with van der Waals surface area (Å²) in [6, 6.07) is 4.20. The zero-order valence-corrected chi connectivity index (χ0v) is 11.0. The van der Waals surface area contributed by atoms with Crippen LogP contribution in [0.2, 0.25) is 0 Å². The lowest BCUT2D eigenvalue weighted by molar-refractivity contribution is -0.215. The molecule has 0 aliphatic heterocycles. The molecular formula is C11H10N2O6S. The van der Waals surface area contributed by atoms with Crippen LogP contribution in [0, 0.1) is 0 Å². The van der Waals surface area contributed by atoms with Crippen molar-refractivity contribution in [2.45, 2.75) is 0 Å². The standard InChI is InChI=1S/C11H10N2O6S/c1-20(17,18)12-5-9-10(14)7-3-2-6(13-19-16)4-8(7)11(9)15/h2-5,13,15-16H,1H3. The molecule has 0 saturated carbocycles. The topological polar surface area (TPSA) is 125 Å². The van der Waals surface area contributed by atoms with Crippen molar-refractivity contribution in [2.24, 2.45) is 4.40 Å². The number of rotatable bonds is 4. The molecule has 9 heteroatoms. The van der Waals surface area contributed by atoms with Crippen LogP contribution >= 0.6 is 0 Å². The molecule has 1 aromatic rings. The number of carbonyl (C=O) groups excluding carboxylic acids is 1. The summed E-state index contributed by atoms with van der Waals surface area (Å²) < 4.78 is 25.1. The van der Waals surface area contributed by atoms with E-state index in [2.05, 4.69) is 14.9 Å². The van der Waals surface area contributed by atoms with Gasteiger partial charge in [-0.3, -0.25) is 4.79 Å². The normalized spacial score (nSPS) is 15.0. The molecule has 0 bridgehead atoms. The number of aliphatic hydroxyl groups excluding tert-OH is 1. The van der Waals surface area contributed by atoms with E-state index >= 15 is 0 Å². The Morgan fingerprint density at radius 3 is 2.65 bits per heavy atom. The van der Waals surface area contributed by atoms with E-state index in [1.165, 1.54) is 18.2 Å². The summed E-state index contributed by atoms with van der Waals surface area (Å²) in [5.41, 5.74) is 2.59. The Balaban J connectivity index is 2.46. The first-order chi connectivity index (χ1) is 9.33. The summed E-state index contributed by atoms with van der Waals surface area (Å²) in [4.78, 5) is 15.7. The third-order valence-electron chi connectivity index (χ3n) is 2.56. The first-order valence-corrected chi connectivity index (χ1v) is 7.12. The number of carbonyl (C=O) groups is 1. The molecule has 20 heavy (non-hydrogen) atoms. The van der Waals surface area contributed by atoms with Gasteiger partial charge in [-0.1, -0.05) is 0 Å². The number of hydrogen-bond acceptors (Lipinski definition) is 7. The Morgan fingerprint density at radius 2 is 2.05 bits per heavy atom. The van der Waals surface area contributed by atoms with Gasteiger partial charge in [-0.25, -0.2) is 19.2 Å². The van der Waals surface area contributed by atoms with Crippen LogP contribution in [-0.4, -0.2) is 37.0 Å². The first-order valence-electron chi connectivity index (χ1n) is 5.27. The highest BCUT2D eigenvalue weighted by molar-refractivity contribution is 7.89. The minimum Gasteiger partial charge on any atom is -0.506 e. The van der Waals surface area contributed by atoms with E-state index in [1.54, 1.807) is 0 Å². The molecule has 0 spiro atoms. The predicted molar refractivity (Wildman–Crippen MR) is 71.0 cm³/mol. The molecule has 1 aromatic carbocycles. The van der Waals surface area contributed by atoms with Gasteiger partial charge in [0, 0.05) is 11.1 Å². The quantitative estimate of drug-likeness (QED) is 0.430. The second kappa shape index (κ2) is 5.04. The molecule has 0 radical (unpaired) electrons. The lowest BCUT2D eigenvalue weighted by Crippen LogP contribution is -2.02. The molecule has 3 N–H and O–H groups in total. The highest BCUT2D eigenvalue weighted by Crippen LogP contribution is 2.32. The van der Waals surface area contributed by atoms with Gasteiger partial charge in [0.25, 0.3) is 0 Å². The number of sulfonamides is 1. The SMILES string of the molecule is CS(=O)(=O)N=CC1=C(O)c2cc(NOO)ccc2C1=O. The second-order valence-corrected chi connectivity index (χ2v) is 5.69. The smallest absolute Gasteiger partial charge is 0.250 e. The summed E-state index contributed by atoms with van der Waals surface area (Å²) in [5.74, 6) is -0.930. The maximum absolute atomic E-state index is 12.0. The highest BCUT2D eigenvalue weighted by Gasteiger charge is 2.29. The van der Waals surface area contributed by atoms with Gasteiger partial charge >= 0.3 is 0 Å². The Kier molecular flexibility index (Phi) is 3.57. The average Bonchev–Trinajstić information content (AvgIpc) is 2.59. The molecule has 0 atom stereocenters. The Hall–Kier alpha value is -2.23. The molecule has 106 valence electrons. The van der Waals surface area contributed by atoms with Crippen molar-refractivity contribution >= 4 is 33.5 Å². The zero-order valence-electron chi connectivity index (χ0n) is 10.2. The van der Waals surface area contributed by atoms with E-state index in [-0.39, 0.29) is 22.5 Å². The van der Waals surface area contributed by atoms with Crippen LogP contribution in [0.25, 0.3) is 5.76 Å². The summed E-state index contributed by atoms with van der Waals surface area (Å²) in [5, 5.41) is 18.2. The van der Waals surface area contributed by atoms with Crippen LogP contribution < -0.4 is 5.48 Å². The van der Waals surface area contributed by atoms with E-state index < -0.39 is 15.8 Å². The number of anilines is 1. The molecule has 0 fully saturated rings. The fourth-order valence-electron chi connectivity index (χ4n) is 1.72. The van der Waals surface area contributed by atoms with Gasteiger partial charge in [-0.05, 0) is 18.2 Å². The van der Waals surface area contributed by atoms with Gasteiger partial charge in [0.05, 0.1) is 23.7 Å². The molecule has 0 amide bonds. The minimum atomic E-state index is -3.66. The first kappa shape index (κ1) is 14.2. The number of nitrogens with one attached hydrogen (secondary N) is 1. The van der Waals surface area contributed by atoms with E-state index in [0.29, 0.717) is 5.69 Å². The average molecular weight is 298 g/mol. The summed E-state index contributed by atoms with van der Waals surface area (Å²) in [6.45, 7) is 0. The van der Waals surface area contributed by atoms with Crippen molar-refractivity contribution in [3.8, 4) is 0 Å². The van der Waals surface area contributed by atoms with Crippen LogP contribution in [0.4, 0.5) is 5.69 Å². The lowest BCUT2D eigenvalue weighted by Gasteiger charge is -2.03. The van der Waals surface area contributed by atoms with Gasteiger partial charge < -0.3 is 5.11 Å². The maximum atomic E-state index is 12.0. The molecule has 0 aromatic heterocycles. The number of aliphatic hydroxyl groups is 1. The van der Waals surface area contributed by atoms with Gasteiger partial charge in [0.1, 0.15) is 5.76 Å². The highest BCUT2D eigenvalue weighted by atomic mass is 32.2. The van der Waals surface area contributed by atoms with Gasteiger partial charge in [0.15, 0.2) is 5.78 Å². The summed E-state index contributed by atoms with van der Waals surface area (Å²) >= 11 is 0. The predicted octanol–water partition coefficient (Wildman–Crippen LogP) is 0.999. The molecule has 0 saturated heterocycles. The number of hydrogen-bond donors (Lipinski definition) is 3. The van der Waals surface area contributed by atoms with Crippen molar-refractivity contribution in [3.05, 3.63) is 34.9 Å². The molecule has 2 rings (SSSR count). The van der Waals surface area contributed by atoms with Crippen LogP contribution in [0.1, 0.15) is 15.9 Å². The minimum absolute atomic E-state index is 0.187. The molecule has 0 unspecified atom stereocenters. The Morgan fingerprint density at radius 1 is 1.35 bits per heavy atom. The monoisotopic (exact) mass is 298 g/mol. The van der Waals surface area contributed by atoms with E-state index in [0.717, 1.165) is 12.5 Å². The van der Waals surface area contributed by atoms with Crippen molar-refractivity contribution < 1.29 is 28.6 Å². The zero-order chi connectivity index (χ0) is 14.9. The molecule has 1 aliphatic carbocycles.